The van der Waals surface area contributed by atoms with Crippen molar-refractivity contribution in [1.29, 1.82) is 0 Å². The minimum atomic E-state index is 0.0900. The summed E-state index contributed by atoms with van der Waals surface area (Å²) in [6.45, 7) is 6.30. The van der Waals surface area contributed by atoms with Crippen molar-refractivity contribution in [3.8, 4) is 18.1 Å². The highest BCUT2D eigenvalue weighted by Gasteiger charge is 2.24. The lowest BCUT2D eigenvalue weighted by molar-refractivity contribution is -0.118. The molecule has 0 saturated carbocycles. The van der Waals surface area contributed by atoms with E-state index in [-0.39, 0.29) is 5.91 Å². The van der Waals surface area contributed by atoms with E-state index in [9.17, 15) is 4.79 Å². The van der Waals surface area contributed by atoms with Crippen molar-refractivity contribution >= 4 is 17.3 Å². The van der Waals surface area contributed by atoms with Crippen molar-refractivity contribution < 1.29 is 9.53 Å². The predicted molar refractivity (Wildman–Crippen MR) is 121 cm³/mol. The van der Waals surface area contributed by atoms with Gasteiger partial charge in [-0.25, -0.2) is 0 Å². The number of amides is 1. The maximum atomic E-state index is 12.2. The quantitative estimate of drug-likeness (QED) is 0.526. The standard InChI is InChI=1S/C25H29N3O2/c1-2-13-28-24-20-23(11-9-21(24)10-12-25(28)29)30-19-6-14-26-15-17-27(18-16-26)22-7-4-3-5-8-22/h1,3-5,7-9,11,20H,6,10,12-19H2. The van der Waals surface area contributed by atoms with Crippen molar-refractivity contribution in [1.82, 2.24) is 4.90 Å². The number of carbonyl (C=O) groups is 1. The molecule has 0 atom stereocenters. The largest absolute Gasteiger partial charge is 0.493 e. The summed E-state index contributed by atoms with van der Waals surface area (Å²) in [5.41, 5.74) is 3.37. The molecule has 30 heavy (non-hydrogen) atoms. The van der Waals surface area contributed by atoms with Gasteiger partial charge in [0.25, 0.3) is 0 Å². The molecule has 1 amide bonds. The first kappa shape index (κ1) is 20.3. The summed E-state index contributed by atoms with van der Waals surface area (Å²) in [6.07, 6.45) is 7.71. The maximum Gasteiger partial charge on any atom is 0.228 e. The third-order valence-corrected chi connectivity index (χ3v) is 5.89. The summed E-state index contributed by atoms with van der Waals surface area (Å²) < 4.78 is 5.99. The lowest BCUT2D eigenvalue weighted by Gasteiger charge is -2.36. The molecule has 156 valence electrons. The van der Waals surface area contributed by atoms with Crippen LogP contribution in [0.5, 0.6) is 5.75 Å². The van der Waals surface area contributed by atoms with Crippen LogP contribution in [0.2, 0.25) is 0 Å². The maximum absolute atomic E-state index is 12.2. The molecule has 5 nitrogen and oxygen atoms in total. The Labute approximate surface area is 179 Å². The van der Waals surface area contributed by atoms with Gasteiger partial charge >= 0.3 is 0 Å². The van der Waals surface area contributed by atoms with Gasteiger partial charge in [0.15, 0.2) is 0 Å². The Morgan fingerprint density at radius 3 is 2.57 bits per heavy atom. The number of ether oxygens (including phenoxy) is 1. The van der Waals surface area contributed by atoms with Crippen molar-refractivity contribution in [2.45, 2.75) is 19.3 Å². The lowest BCUT2D eigenvalue weighted by Crippen LogP contribution is -2.46. The van der Waals surface area contributed by atoms with Crippen LogP contribution in [0, 0.1) is 12.3 Å². The second-order valence-corrected chi connectivity index (χ2v) is 7.84. The van der Waals surface area contributed by atoms with Gasteiger partial charge in [0.05, 0.1) is 18.8 Å². The van der Waals surface area contributed by atoms with Crippen molar-refractivity contribution in [2.24, 2.45) is 0 Å². The summed E-state index contributed by atoms with van der Waals surface area (Å²) >= 11 is 0. The predicted octanol–water partition coefficient (Wildman–Crippen LogP) is 3.19. The van der Waals surface area contributed by atoms with E-state index in [4.69, 9.17) is 11.2 Å². The molecule has 4 rings (SSSR count). The second-order valence-electron chi connectivity index (χ2n) is 7.84. The zero-order valence-electron chi connectivity index (χ0n) is 17.4. The molecule has 2 aliphatic rings. The number of carbonyl (C=O) groups excluding carboxylic acids is 1. The molecule has 0 bridgehead atoms. The third-order valence-electron chi connectivity index (χ3n) is 5.89. The van der Waals surface area contributed by atoms with Crippen LogP contribution in [0.25, 0.3) is 0 Å². The molecule has 0 N–H and O–H groups in total. The molecule has 2 aromatic carbocycles. The minimum absolute atomic E-state index is 0.0900. The number of terminal acetylenes is 1. The molecule has 5 heteroatoms. The number of anilines is 2. The molecule has 2 aromatic rings. The topological polar surface area (TPSA) is 36.0 Å². The van der Waals surface area contributed by atoms with Crippen LogP contribution in [0.4, 0.5) is 11.4 Å². The van der Waals surface area contributed by atoms with E-state index in [1.165, 1.54) is 5.69 Å². The molecule has 0 aliphatic carbocycles. The molecule has 0 radical (unpaired) electrons. The highest BCUT2D eigenvalue weighted by atomic mass is 16.5. The average molecular weight is 404 g/mol. The second kappa shape index (κ2) is 9.69. The summed E-state index contributed by atoms with van der Waals surface area (Å²) in [6, 6.07) is 16.6. The van der Waals surface area contributed by atoms with Gasteiger partial charge in [0.1, 0.15) is 5.75 Å². The third kappa shape index (κ3) is 4.77. The van der Waals surface area contributed by atoms with Gasteiger partial charge in [-0.2, -0.15) is 0 Å². The van der Waals surface area contributed by atoms with E-state index in [1.807, 2.05) is 12.1 Å². The minimum Gasteiger partial charge on any atom is -0.493 e. The van der Waals surface area contributed by atoms with Gasteiger partial charge < -0.3 is 14.5 Å². The number of piperazine rings is 1. The Balaban J connectivity index is 1.23. The van der Waals surface area contributed by atoms with Crippen LogP contribution < -0.4 is 14.5 Å². The first-order valence-corrected chi connectivity index (χ1v) is 10.8. The number of aryl methyl sites for hydroxylation is 1. The molecule has 0 spiro atoms. The number of nitrogens with zero attached hydrogens (tertiary/aromatic N) is 3. The number of para-hydroxylation sites is 1. The average Bonchev–Trinajstić information content (AvgIpc) is 2.80. The molecule has 1 saturated heterocycles. The van der Waals surface area contributed by atoms with Crippen LogP contribution in [-0.4, -0.2) is 56.7 Å². The highest BCUT2D eigenvalue weighted by molar-refractivity contribution is 5.97. The van der Waals surface area contributed by atoms with E-state index in [0.717, 1.165) is 62.6 Å². The molecular formula is C25H29N3O2. The zero-order valence-corrected chi connectivity index (χ0v) is 17.4. The number of rotatable bonds is 7. The summed E-state index contributed by atoms with van der Waals surface area (Å²) in [7, 11) is 0. The highest BCUT2D eigenvalue weighted by Crippen LogP contribution is 2.31. The molecular weight excluding hydrogens is 374 g/mol. The van der Waals surface area contributed by atoms with E-state index in [0.29, 0.717) is 19.6 Å². The Morgan fingerprint density at radius 2 is 1.80 bits per heavy atom. The van der Waals surface area contributed by atoms with Crippen LogP contribution in [0.15, 0.2) is 48.5 Å². The fourth-order valence-electron chi connectivity index (χ4n) is 4.22. The molecule has 0 aromatic heterocycles. The number of benzene rings is 2. The van der Waals surface area contributed by atoms with Crippen molar-refractivity contribution in [3.05, 3.63) is 54.1 Å². The van der Waals surface area contributed by atoms with Gasteiger partial charge in [-0.15, -0.1) is 6.42 Å². The fraction of sp³-hybridized carbons (Fsp3) is 0.400. The normalized spacial score (nSPS) is 16.8. The summed E-state index contributed by atoms with van der Waals surface area (Å²) in [5, 5.41) is 0. The number of hydrogen-bond acceptors (Lipinski definition) is 4. The monoisotopic (exact) mass is 403 g/mol. The zero-order chi connectivity index (χ0) is 20.8. The van der Waals surface area contributed by atoms with E-state index >= 15 is 0 Å². The van der Waals surface area contributed by atoms with Gasteiger partial charge in [-0.05, 0) is 36.6 Å². The number of hydrogen-bond donors (Lipinski definition) is 0. The van der Waals surface area contributed by atoms with Gasteiger partial charge in [-0.1, -0.05) is 30.2 Å². The van der Waals surface area contributed by atoms with Crippen LogP contribution >= 0.6 is 0 Å². The first-order chi connectivity index (χ1) is 14.7. The summed E-state index contributed by atoms with van der Waals surface area (Å²) in [4.78, 5) is 18.8. The number of fused-ring (bicyclic) bond motifs is 1. The van der Waals surface area contributed by atoms with E-state index < -0.39 is 0 Å². The van der Waals surface area contributed by atoms with Crippen LogP contribution in [0.1, 0.15) is 18.4 Å². The molecule has 2 aliphatic heterocycles. The molecule has 1 fully saturated rings. The van der Waals surface area contributed by atoms with Crippen molar-refractivity contribution in [3.63, 3.8) is 0 Å². The van der Waals surface area contributed by atoms with Gasteiger partial charge in [0.2, 0.25) is 5.91 Å². The Kier molecular flexibility index (Phi) is 6.56. The summed E-state index contributed by atoms with van der Waals surface area (Å²) in [5.74, 6) is 3.48. The van der Waals surface area contributed by atoms with Gasteiger partial charge in [-0.3, -0.25) is 9.69 Å². The van der Waals surface area contributed by atoms with E-state index in [2.05, 4.69) is 52.1 Å². The lowest BCUT2D eigenvalue weighted by atomic mass is 10.0. The van der Waals surface area contributed by atoms with Gasteiger partial charge in [0, 0.05) is 50.9 Å². The smallest absolute Gasteiger partial charge is 0.228 e. The Bertz CT molecular complexity index is 898. The van der Waals surface area contributed by atoms with E-state index in [1.54, 1.807) is 4.90 Å². The van der Waals surface area contributed by atoms with Crippen molar-refractivity contribution in [2.75, 3.05) is 55.7 Å². The first-order valence-electron chi connectivity index (χ1n) is 10.8. The molecule has 2 heterocycles. The van der Waals surface area contributed by atoms with Crippen LogP contribution in [0.3, 0.4) is 0 Å². The Hall–Kier alpha value is -2.97. The van der Waals surface area contributed by atoms with Crippen LogP contribution in [-0.2, 0) is 11.2 Å². The SMILES string of the molecule is C#CCN1C(=O)CCc2ccc(OCCCN3CCN(c4ccccc4)CC3)cc21. The fourth-order valence-corrected chi connectivity index (χ4v) is 4.22. The molecule has 0 unspecified atom stereocenters. The Morgan fingerprint density at radius 1 is 1.00 bits per heavy atom.